The Kier molecular flexibility index (Phi) is 2.28. The lowest BCUT2D eigenvalue weighted by Crippen LogP contribution is -2.25. The molecule has 0 aliphatic heterocycles. The molecule has 0 saturated carbocycles. The molecule has 0 bridgehead atoms. The zero-order valence-electron chi connectivity index (χ0n) is 11.7. The second-order valence-corrected chi connectivity index (χ2v) is 6.22. The molecule has 96 valence electrons. The summed E-state index contributed by atoms with van der Waals surface area (Å²) in [5, 5.41) is 1.13. The van der Waals surface area contributed by atoms with Gasteiger partial charge in [0.2, 0.25) is 0 Å². The monoisotopic (exact) mass is 243 g/mol. The number of benzene rings is 1. The van der Waals surface area contributed by atoms with Crippen LogP contribution in [0.5, 0.6) is 0 Å². The Morgan fingerprint density at radius 2 is 2.00 bits per heavy atom. The first-order valence-corrected chi connectivity index (χ1v) is 6.73. The second-order valence-electron chi connectivity index (χ2n) is 6.22. The van der Waals surface area contributed by atoms with Gasteiger partial charge in [0, 0.05) is 5.39 Å². The summed E-state index contributed by atoms with van der Waals surface area (Å²) in [4.78, 5) is 0. The molecule has 0 atom stereocenters. The minimum Gasteiger partial charge on any atom is -0.459 e. The maximum absolute atomic E-state index is 6.17. The van der Waals surface area contributed by atoms with Gasteiger partial charge >= 0.3 is 0 Å². The van der Waals surface area contributed by atoms with Gasteiger partial charge in [-0.05, 0) is 61.3 Å². The minimum absolute atomic E-state index is 0.253. The van der Waals surface area contributed by atoms with E-state index in [-0.39, 0.29) is 5.41 Å². The van der Waals surface area contributed by atoms with E-state index in [1.807, 2.05) is 6.92 Å². The smallest absolute Gasteiger partial charge is 0.137 e. The van der Waals surface area contributed by atoms with E-state index in [4.69, 9.17) is 10.2 Å². The third-order valence-electron chi connectivity index (χ3n) is 4.46. The number of furan rings is 1. The molecule has 1 aliphatic rings. The van der Waals surface area contributed by atoms with Crippen molar-refractivity contribution in [3.63, 3.8) is 0 Å². The highest BCUT2D eigenvalue weighted by molar-refractivity contribution is 5.95. The van der Waals surface area contributed by atoms with E-state index in [1.54, 1.807) is 0 Å². The Hall–Kier alpha value is -1.44. The van der Waals surface area contributed by atoms with Gasteiger partial charge in [-0.1, -0.05) is 13.8 Å². The predicted octanol–water partition coefficient (Wildman–Crippen LogP) is 4.25. The van der Waals surface area contributed by atoms with Gasteiger partial charge in [0.1, 0.15) is 11.3 Å². The van der Waals surface area contributed by atoms with Crippen molar-refractivity contribution in [1.82, 2.24) is 0 Å². The van der Waals surface area contributed by atoms with Gasteiger partial charge in [-0.25, -0.2) is 0 Å². The molecule has 2 aromatic rings. The van der Waals surface area contributed by atoms with Crippen LogP contribution in [0.25, 0.3) is 11.0 Å². The topological polar surface area (TPSA) is 39.2 Å². The summed E-state index contributed by atoms with van der Waals surface area (Å²) in [5.74, 6) is 0.841. The van der Waals surface area contributed by atoms with Gasteiger partial charge in [-0.3, -0.25) is 0 Å². The largest absolute Gasteiger partial charge is 0.459 e. The van der Waals surface area contributed by atoms with E-state index in [1.165, 1.54) is 29.5 Å². The Balaban J connectivity index is 2.43. The van der Waals surface area contributed by atoms with Crippen molar-refractivity contribution in [1.29, 1.82) is 0 Å². The summed E-state index contributed by atoms with van der Waals surface area (Å²) in [6.45, 7) is 8.82. The second kappa shape index (κ2) is 3.53. The quantitative estimate of drug-likeness (QED) is 0.751. The van der Waals surface area contributed by atoms with Gasteiger partial charge in [-0.15, -0.1) is 0 Å². The molecular formula is C16H21NO. The first-order chi connectivity index (χ1) is 8.42. The third kappa shape index (κ3) is 1.41. The number of hydrogen-bond donors (Lipinski definition) is 1. The van der Waals surface area contributed by atoms with Crippen LogP contribution in [0, 0.1) is 13.8 Å². The Morgan fingerprint density at radius 1 is 1.28 bits per heavy atom. The fraction of sp³-hybridized carbons (Fsp3) is 0.500. The zero-order valence-corrected chi connectivity index (χ0v) is 11.7. The minimum atomic E-state index is 0.253. The molecule has 0 spiro atoms. The average molecular weight is 243 g/mol. The number of aryl methyl sites for hydroxylation is 3. The lowest BCUT2D eigenvalue weighted by molar-refractivity contribution is 0.430. The molecule has 1 heterocycles. The number of hydrogen-bond acceptors (Lipinski definition) is 2. The molecule has 2 N–H and O–H groups in total. The van der Waals surface area contributed by atoms with Gasteiger partial charge in [0.25, 0.3) is 0 Å². The van der Waals surface area contributed by atoms with Crippen LogP contribution < -0.4 is 5.73 Å². The highest BCUT2D eigenvalue weighted by atomic mass is 16.3. The van der Waals surface area contributed by atoms with Gasteiger partial charge < -0.3 is 10.2 Å². The Labute approximate surface area is 108 Å². The normalized spacial score (nSPS) is 18.0. The van der Waals surface area contributed by atoms with E-state index in [0.717, 1.165) is 28.8 Å². The average Bonchev–Trinajstić information content (AvgIpc) is 2.53. The molecule has 0 amide bonds. The van der Waals surface area contributed by atoms with Crippen LogP contribution in [-0.4, -0.2) is 0 Å². The highest BCUT2D eigenvalue weighted by Gasteiger charge is 2.31. The van der Waals surface area contributed by atoms with Crippen molar-refractivity contribution in [3.8, 4) is 0 Å². The number of fused-ring (bicyclic) bond motifs is 2. The van der Waals surface area contributed by atoms with Crippen LogP contribution in [0.3, 0.4) is 0 Å². The van der Waals surface area contributed by atoms with E-state index in [0.29, 0.717) is 0 Å². The number of anilines is 1. The molecule has 0 radical (unpaired) electrons. The highest BCUT2D eigenvalue weighted by Crippen LogP contribution is 2.43. The standard InChI is InChI=1S/C16H21NO/c1-9-13-12(18-10(2)15(13)17)8-11-6-5-7-16(3,4)14(9)11/h8H,5-7,17H2,1-4H3. The van der Waals surface area contributed by atoms with Crippen molar-refractivity contribution < 1.29 is 4.42 Å². The lowest BCUT2D eigenvalue weighted by atomic mass is 9.70. The Bertz CT molecular complexity index is 634. The summed E-state index contributed by atoms with van der Waals surface area (Å²) in [7, 11) is 0. The van der Waals surface area contributed by atoms with Crippen molar-refractivity contribution in [2.75, 3.05) is 5.73 Å². The predicted molar refractivity (Wildman–Crippen MR) is 76.1 cm³/mol. The molecule has 1 aliphatic carbocycles. The number of nitrogens with two attached hydrogens (primary N) is 1. The van der Waals surface area contributed by atoms with Crippen LogP contribution in [0.2, 0.25) is 0 Å². The van der Waals surface area contributed by atoms with Crippen LogP contribution in [0.15, 0.2) is 10.5 Å². The zero-order chi connectivity index (χ0) is 13.1. The SMILES string of the molecule is Cc1oc2cc3c(c(C)c2c1N)C(C)(C)CCC3. The van der Waals surface area contributed by atoms with Gasteiger partial charge in [0.15, 0.2) is 0 Å². The molecule has 0 fully saturated rings. The fourth-order valence-electron chi connectivity index (χ4n) is 3.65. The summed E-state index contributed by atoms with van der Waals surface area (Å²) >= 11 is 0. The molecule has 3 rings (SSSR count). The van der Waals surface area contributed by atoms with Crippen molar-refractivity contribution in [3.05, 3.63) is 28.5 Å². The first-order valence-electron chi connectivity index (χ1n) is 6.73. The number of rotatable bonds is 0. The van der Waals surface area contributed by atoms with E-state index in [2.05, 4.69) is 26.8 Å². The molecule has 0 saturated heterocycles. The fourth-order valence-corrected chi connectivity index (χ4v) is 3.65. The first kappa shape index (κ1) is 11.6. The van der Waals surface area contributed by atoms with Crippen molar-refractivity contribution >= 4 is 16.7 Å². The number of nitrogen functional groups attached to an aromatic ring is 1. The van der Waals surface area contributed by atoms with Crippen molar-refractivity contribution in [2.24, 2.45) is 0 Å². The summed E-state index contributed by atoms with van der Waals surface area (Å²) in [6, 6.07) is 2.21. The van der Waals surface area contributed by atoms with Crippen LogP contribution in [0.1, 0.15) is 49.1 Å². The Morgan fingerprint density at radius 3 is 2.72 bits per heavy atom. The van der Waals surface area contributed by atoms with Crippen LogP contribution in [-0.2, 0) is 11.8 Å². The maximum atomic E-state index is 6.17. The molecule has 0 unspecified atom stereocenters. The molecule has 18 heavy (non-hydrogen) atoms. The molecule has 2 nitrogen and oxygen atoms in total. The van der Waals surface area contributed by atoms with Crippen LogP contribution >= 0.6 is 0 Å². The van der Waals surface area contributed by atoms with Gasteiger partial charge in [-0.2, -0.15) is 0 Å². The summed E-state index contributed by atoms with van der Waals surface area (Å²) in [6.07, 6.45) is 3.68. The molecule has 1 aromatic heterocycles. The molecule has 1 aromatic carbocycles. The molecule has 2 heteroatoms. The van der Waals surface area contributed by atoms with E-state index in [9.17, 15) is 0 Å². The summed E-state index contributed by atoms with van der Waals surface area (Å²) in [5.41, 5.74) is 12.5. The molecular weight excluding hydrogens is 222 g/mol. The van der Waals surface area contributed by atoms with E-state index < -0.39 is 0 Å². The van der Waals surface area contributed by atoms with Crippen LogP contribution in [0.4, 0.5) is 5.69 Å². The lowest BCUT2D eigenvalue weighted by Gasteiger charge is -2.34. The van der Waals surface area contributed by atoms with Crippen molar-refractivity contribution in [2.45, 2.75) is 52.4 Å². The third-order valence-corrected chi connectivity index (χ3v) is 4.46. The van der Waals surface area contributed by atoms with Gasteiger partial charge in [0.05, 0.1) is 5.69 Å². The van der Waals surface area contributed by atoms with E-state index >= 15 is 0 Å². The summed E-state index contributed by atoms with van der Waals surface area (Å²) < 4.78 is 5.79. The maximum Gasteiger partial charge on any atom is 0.137 e.